The zero-order valence-electron chi connectivity index (χ0n) is 33.2. The van der Waals surface area contributed by atoms with Gasteiger partial charge in [0.05, 0.1) is 24.4 Å². The molecule has 4 heterocycles. The molecule has 0 radical (unpaired) electrons. The highest BCUT2D eigenvalue weighted by Crippen LogP contribution is 2.46. The summed E-state index contributed by atoms with van der Waals surface area (Å²) in [6.07, 6.45) is 9.38. The van der Waals surface area contributed by atoms with Gasteiger partial charge in [0.2, 0.25) is 21.8 Å². The lowest BCUT2D eigenvalue weighted by molar-refractivity contribution is -0.141. The molecule has 2 aromatic carbocycles. The Morgan fingerprint density at radius 2 is 1.78 bits per heavy atom. The van der Waals surface area contributed by atoms with Gasteiger partial charge in [-0.3, -0.25) is 19.1 Å². The summed E-state index contributed by atoms with van der Waals surface area (Å²) in [6.45, 7) is -0.125. The molecule has 3 N–H and O–H groups in total. The number of carbonyl (C=O) groups is 4. The topological polar surface area (TPSA) is 195 Å². The van der Waals surface area contributed by atoms with Crippen LogP contribution in [0.3, 0.4) is 0 Å². The normalized spacial score (nSPS) is 27.1. The maximum atomic E-state index is 14.9. The van der Waals surface area contributed by atoms with Crippen molar-refractivity contribution < 1.29 is 50.6 Å². The van der Waals surface area contributed by atoms with E-state index < -0.39 is 74.5 Å². The molecule has 4 fully saturated rings. The molecule has 5 atom stereocenters. The summed E-state index contributed by atoms with van der Waals surface area (Å²) >= 11 is 0. The van der Waals surface area contributed by atoms with Gasteiger partial charge in [0.25, 0.3) is 5.91 Å². The van der Waals surface area contributed by atoms with Crippen LogP contribution in [0.5, 0.6) is 11.5 Å². The van der Waals surface area contributed by atoms with Crippen molar-refractivity contribution in [1.82, 2.24) is 25.2 Å². The molecule has 9 rings (SSSR count). The molecule has 1 saturated heterocycles. The molecule has 2 aromatic heterocycles. The lowest BCUT2D eigenvalue weighted by atomic mass is 10.0. The van der Waals surface area contributed by atoms with Crippen LogP contribution in [-0.2, 0) is 29.1 Å². The number of allylic oxidation sites excluding steroid dienone is 1. The second kappa shape index (κ2) is 15.9. The minimum Gasteiger partial charge on any atom is -0.497 e. The number of aromatic nitrogens is 1. The molecular formula is C43H48FN5O10S. The summed E-state index contributed by atoms with van der Waals surface area (Å²) in [4.78, 5) is 62.6. The summed E-state index contributed by atoms with van der Waals surface area (Å²) in [6, 6.07) is 7.12. The Morgan fingerprint density at radius 1 is 0.983 bits per heavy atom. The fourth-order valence-corrected chi connectivity index (χ4v) is 10.3. The summed E-state index contributed by atoms with van der Waals surface area (Å²) in [7, 11) is -2.41. The SMILES string of the molecule is COc1ccc2c(c1)oc1c(O[C@H]3C[C@H]4C(=O)N[C@]5(C(=O)NS(=O)(=O)C6CC6)C[C@H]5/C=C\CCCCC[C@@H](NC(=O)OC5CCCC5)C(=O)N4C3)c3cc(F)ccc3nc12. The largest absolute Gasteiger partial charge is 0.497 e. The van der Waals surface area contributed by atoms with E-state index >= 15 is 0 Å². The molecule has 17 heteroatoms. The average molecular weight is 846 g/mol. The van der Waals surface area contributed by atoms with Crippen LogP contribution in [0.25, 0.3) is 33.0 Å². The standard InChI is InChI=1S/C43H48FN5O10S/c1-56-27-14-17-30-35(21-27)59-38-36(30)45-32-18-13-25(44)19-31(32)37(38)57-28-20-34-39(50)47-43(41(52)48-60(54,55)29-15-16-29)22-24(43)9-5-3-2-4-6-12-33(40(51)49(34)23-28)46-42(53)58-26-10-7-8-11-26/h5,9,13-14,17-19,21,24,26,28-29,33-34H,2-4,6-8,10-12,15-16,20,22-23H2,1H3,(H,46,53)(H,47,50)(H,48,52)/b9-5-/t24-,28+,33-,34+,43-/m1/s1. The van der Waals surface area contributed by atoms with Gasteiger partial charge in [0, 0.05) is 29.2 Å². The molecule has 3 saturated carbocycles. The third kappa shape index (κ3) is 7.83. The predicted molar refractivity (Wildman–Crippen MR) is 217 cm³/mol. The number of sulfonamides is 1. The lowest BCUT2D eigenvalue weighted by Gasteiger charge is -2.30. The predicted octanol–water partition coefficient (Wildman–Crippen LogP) is 5.67. The molecule has 5 aliphatic rings. The Bertz CT molecular complexity index is 2520. The van der Waals surface area contributed by atoms with Gasteiger partial charge in [-0.2, -0.15) is 0 Å². The third-order valence-corrected chi connectivity index (χ3v) is 14.3. The Morgan fingerprint density at radius 3 is 2.57 bits per heavy atom. The number of carbonyl (C=O) groups excluding carboxylic acids is 4. The van der Waals surface area contributed by atoms with Crippen molar-refractivity contribution in [3.8, 4) is 11.5 Å². The number of halogens is 1. The van der Waals surface area contributed by atoms with Gasteiger partial charge in [0.1, 0.15) is 52.5 Å². The maximum absolute atomic E-state index is 14.9. The van der Waals surface area contributed by atoms with Crippen molar-refractivity contribution >= 4 is 66.8 Å². The summed E-state index contributed by atoms with van der Waals surface area (Å²) in [5, 5.41) is 5.98. The van der Waals surface area contributed by atoms with Gasteiger partial charge >= 0.3 is 6.09 Å². The highest BCUT2D eigenvalue weighted by molar-refractivity contribution is 7.91. The molecular weight excluding hydrogens is 798 g/mol. The van der Waals surface area contributed by atoms with Gasteiger partial charge < -0.3 is 34.2 Å². The molecule has 2 aliphatic heterocycles. The number of nitrogens with one attached hydrogen (secondary N) is 3. The van der Waals surface area contributed by atoms with E-state index in [1.807, 2.05) is 12.2 Å². The van der Waals surface area contributed by atoms with Crippen LogP contribution < -0.4 is 24.8 Å². The number of hydrogen-bond acceptors (Lipinski definition) is 11. The quantitative estimate of drug-likeness (QED) is 0.185. The Balaban J connectivity index is 1.07. The van der Waals surface area contributed by atoms with Crippen molar-refractivity contribution in [2.24, 2.45) is 5.92 Å². The first-order chi connectivity index (χ1) is 28.9. The van der Waals surface area contributed by atoms with E-state index in [9.17, 15) is 32.0 Å². The van der Waals surface area contributed by atoms with Crippen molar-refractivity contribution in [2.45, 2.75) is 119 Å². The fraction of sp³-hybridized carbons (Fsp3) is 0.512. The van der Waals surface area contributed by atoms with Crippen molar-refractivity contribution in [3.05, 3.63) is 54.4 Å². The van der Waals surface area contributed by atoms with Crippen molar-refractivity contribution in [1.29, 1.82) is 0 Å². The first-order valence-corrected chi connectivity index (χ1v) is 22.5. The van der Waals surface area contributed by atoms with E-state index in [0.717, 1.165) is 38.5 Å². The minimum atomic E-state index is -3.94. The van der Waals surface area contributed by atoms with Gasteiger partial charge in [-0.15, -0.1) is 0 Å². The minimum absolute atomic E-state index is 0.0654. The van der Waals surface area contributed by atoms with Gasteiger partial charge in [0.15, 0.2) is 11.3 Å². The number of rotatable bonds is 8. The first-order valence-electron chi connectivity index (χ1n) is 20.9. The van der Waals surface area contributed by atoms with Crippen molar-refractivity contribution in [2.75, 3.05) is 13.7 Å². The highest BCUT2D eigenvalue weighted by Gasteiger charge is 2.62. The molecule has 3 aliphatic carbocycles. The average Bonchev–Trinajstić information content (AvgIpc) is 4.04. The summed E-state index contributed by atoms with van der Waals surface area (Å²) < 4.78 is 67.1. The molecule has 4 aromatic rings. The van der Waals surface area contributed by atoms with Gasteiger partial charge in [-0.25, -0.2) is 22.6 Å². The molecule has 0 bridgehead atoms. The fourth-order valence-electron chi connectivity index (χ4n) is 8.95. The zero-order chi connectivity index (χ0) is 41.8. The number of fused-ring (bicyclic) bond motifs is 6. The Hall–Kier alpha value is -5.45. The van der Waals surface area contributed by atoms with Crippen LogP contribution in [-0.4, -0.2) is 90.9 Å². The van der Waals surface area contributed by atoms with Crippen LogP contribution >= 0.6 is 0 Å². The van der Waals surface area contributed by atoms with E-state index in [1.165, 1.54) is 30.2 Å². The number of benzene rings is 2. The van der Waals surface area contributed by atoms with Crippen LogP contribution in [0, 0.1) is 11.7 Å². The second-order valence-corrected chi connectivity index (χ2v) is 18.7. The number of pyridine rings is 1. The van der Waals surface area contributed by atoms with Crippen LogP contribution in [0.1, 0.15) is 83.5 Å². The summed E-state index contributed by atoms with van der Waals surface area (Å²) in [5.41, 5.74) is -0.0101. The maximum Gasteiger partial charge on any atom is 0.408 e. The van der Waals surface area contributed by atoms with Crippen LogP contribution in [0.4, 0.5) is 9.18 Å². The first kappa shape index (κ1) is 40.0. The van der Waals surface area contributed by atoms with E-state index in [1.54, 1.807) is 18.2 Å². The third-order valence-electron chi connectivity index (χ3n) is 12.5. The molecule has 0 spiro atoms. The number of hydrogen-bond donors (Lipinski definition) is 3. The van der Waals surface area contributed by atoms with E-state index in [2.05, 4.69) is 15.4 Å². The number of alkyl carbamates (subject to hydrolysis) is 1. The highest BCUT2D eigenvalue weighted by atomic mass is 32.2. The monoisotopic (exact) mass is 845 g/mol. The Kier molecular flexibility index (Phi) is 10.6. The second-order valence-electron chi connectivity index (χ2n) is 16.7. The van der Waals surface area contributed by atoms with Gasteiger partial charge in [-0.1, -0.05) is 25.0 Å². The lowest BCUT2D eigenvalue weighted by Crippen LogP contribution is -2.58. The number of amides is 4. The number of furan rings is 1. The van der Waals surface area contributed by atoms with Crippen LogP contribution in [0.2, 0.25) is 0 Å². The Labute approximate surface area is 345 Å². The molecule has 15 nitrogen and oxygen atoms in total. The number of methoxy groups -OCH3 is 1. The molecule has 318 valence electrons. The van der Waals surface area contributed by atoms with E-state index in [0.29, 0.717) is 58.8 Å². The molecule has 0 unspecified atom stereocenters. The molecule has 4 amide bonds. The number of ether oxygens (including phenoxy) is 3. The van der Waals surface area contributed by atoms with E-state index in [-0.39, 0.29) is 43.2 Å². The van der Waals surface area contributed by atoms with Crippen molar-refractivity contribution in [3.63, 3.8) is 0 Å². The summed E-state index contributed by atoms with van der Waals surface area (Å²) in [5.74, 6) is -2.35. The molecule has 60 heavy (non-hydrogen) atoms. The zero-order valence-corrected chi connectivity index (χ0v) is 34.1. The van der Waals surface area contributed by atoms with E-state index in [4.69, 9.17) is 23.6 Å². The van der Waals surface area contributed by atoms with Gasteiger partial charge in [-0.05, 0) is 94.5 Å². The smallest absolute Gasteiger partial charge is 0.408 e. The van der Waals surface area contributed by atoms with Crippen LogP contribution in [0.15, 0.2) is 53.0 Å². The number of nitrogens with zero attached hydrogens (tertiary/aromatic N) is 2.